The molecule has 3 heteroatoms. The number of aromatic nitrogens is 1. The first-order valence-electron chi connectivity index (χ1n) is 7.41. The predicted molar refractivity (Wildman–Crippen MR) is 81.0 cm³/mol. The molecule has 2 aliphatic carbocycles. The topological polar surface area (TPSA) is 33.1 Å². The van der Waals surface area contributed by atoms with Crippen molar-refractivity contribution >= 4 is 11.3 Å². The lowest BCUT2D eigenvalue weighted by molar-refractivity contribution is 0.143. The molecular weight excluding hydrogens is 266 g/mol. The number of benzene rings is 1. The van der Waals surface area contributed by atoms with Crippen LogP contribution in [0, 0.1) is 18.8 Å². The van der Waals surface area contributed by atoms with Crippen LogP contribution >= 0.6 is 11.3 Å². The molecule has 0 bridgehead atoms. The van der Waals surface area contributed by atoms with Crippen LogP contribution in [0.3, 0.4) is 0 Å². The van der Waals surface area contributed by atoms with Gasteiger partial charge in [0.25, 0.3) is 0 Å². The second kappa shape index (κ2) is 4.68. The van der Waals surface area contributed by atoms with E-state index < -0.39 is 0 Å². The van der Waals surface area contributed by atoms with Gasteiger partial charge in [-0.15, -0.1) is 11.3 Å². The van der Waals surface area contributed by atoms with E-state index in [1.54, 1.807) is 11.3 Å². The molecule has 4 rings (SSSR count). The maximum atomic E-state index is 10.6. The van der Waals surface area contributed by atoms with E-state index in [-0.39, 0.29) is 6.10 Å². The fourth-order valence-electron chi connectivity index (χ4n) is 3.96. The zero-order chi connectivity index (χ0) is 13.7. The van der Waals surface area contributed by atoms with Gasteiger partial charge in [-0.1, -0.05) is 24.3 Å². The average Bonchev–Trinajstić information content (AvgIpc) is 3.08. The van der Waals surface area contributed by atoms with Crippen LogP contribution in [0.4, 0.5) is 0 Å². The fourth-order valence-corrected chi connectivity index (χ4v) is 4.78. The second-order valence-electron chi connectivity index (χ2n) is 6.16. The third-order valence-corrected chi connectivity index (χ3v) is 5.87. The molecule has 2 aliphatic rings. The van der Waals surface area contributed by atoms with Gasteiger partial charge in [-0.05, 0) is 48.6 Å². The summed E-state index contributed by atoms with van der Waals surface area (Å²) in [7, 11) is 0. The van der Waals surface area contributed by atoms with Crippen LogP contribution in [-0.4, -0.2) is 16.2 Å². The van der Waals surface area contributed by atoms with E-state index >= 15 is 0 Å². The molecule has 1 fully saturated rings. The van der Waals surface area contributed by atoms with Gasteiger partial charge in [-0.3, -0.25) is 0 Å². The zero-order valence-corrected chi connectivity index (χ0v) is 12.4. The molecule has 0 radical (unpaired) electrons. The van der Waals surface area contributed by atoms with Gasteiger partial charge in [0.05, 0.1) is 11.1 Å². The van der Waals surface area contributed by atoms with Crippen molar-refractivity contribution in [3.63, 3.8) is 0 Å². The lowest BCUT2D eigenvalue weighted by Gasteiger charge is -2.13. The summed E-state index contributed by atoms with van der Waals surface area (Å²) in [6, 6.07) is 8.77. The minimum Gasteiger partial charge on any atom is -0.392 e. The van der Waals surface area contributed by atoms with Crippen LogP contribution in [0.5, 0.6) is 0 Å². The number of aryl methyl sites for hydroxylation is 2. The summed E-state index contributed by atoms with van der Waals surface area (Å²) in [5, 5.41) is 13.7. The smallest absolute Gasteiger partial charge is 0.0954 e. The largest absolute Gasteiger partial charge is 0.392 e. The van der Waals surface area contributed by atoms with E-state index in [4.69, 9.17) is 0 Å². The summed E-state index contributed by atoms with van der Waals surface area (Å²) >= 11 is 1.67. The SMILES string of the molecule is Cc1csc(CC(O)C2C3CCc4ccccc4C32)n1. The quantitative estimate of drug-likeness (QED) is 0.938. The predicted octanol–water partition coefficient (Wildman–Crippen LogP) is 3.33. The number of aliphatic hydroxyl groups is 1. The van der Waals surface area contributed by atoms with Gasteiger partial charge in [0.1, 0.15) is 0 Å². The summed E-state index contributed by atoms with van der Waals surface area (Å²) in [4.78, 5) is 4.48. The minimum atomic E-state index is -0.235. The Hall–Kier alpha value is -1.19. The summed E-state index contributed by atoms with van der Waals surface area (Å²) in [6.07, 6.45) is 2.90. The van der Waals surface area contributed by atoms with Crippen molar-refractivity contribution < 1.29 is 5.11 Å². The number of rotatable bonds is 3. The Kier molecular flexibility index (Phi) is 2.93. The summed E-state index contributed by atoms with van der Waals surface area (Å²) < 4.78 is 0. The molecular formula is C17H19NOS. The molecule has 1 heterocycles. The van der Waals surface area contributed by atoms with Crippen LogP contribution in [0.1, 0.15) is 34.2 Å². The van der Waals surface area contributed by atoms with Crippen LogP contribution in [0.2, 0.25) is 0 Å². The maximum absolute atomic E-state index is 10.6. The van der Waals surface area contributed by atoms with Crippen LogP contribution in [-0.2, 0) is 12.8 Å². The molecule has 2 aromatic rings. The molecule has 0 spiro atoms. The lowest BCUT2D eigenvalue weighted by Crippen LogP contribution is -2.14. The van der Waals surface area contributed by atoms with Gasteiger partial charge < -0.3 is 5.11 Å². The van der Waals surface area contributed by atoms with Gasteiger partial charge in [0.15, 0.2) is 0 Å². The molecule has 1 aromatic carbocycles. The number of thiazole rings is 1. The van der Waals surface area contributed by atoms with Gasteiger partial charge in [-0.25, -0.2) is 4.98 Å². The van der Waals surface area contributed by atoms with Crippen molar-refractivity contribution in [1.29, 1.82) is 0 Å². The highest BCUT2D eigenvalue weighted by molar-refractivity contribution is 7.09. The van der Waals surface area contributed by atoms with Gasteiger partial charge in [0.2, 0.25) is 0 Å². The van der Waals surface area contributed by atoms with E-state index in [2.05, 4.69) is 34.6 Å². The maximum Gasteiger partial charge on any atom is 0.0954 e. The number of hydrogen-bond acceptors (Lipinski definition) is 3. The van der Waals surface area contributed by atoms with Crippen LogP contribution in [0.25, 0.3) is 0 Å². The number of nitrogens with zero attached hydrogens (tertiary/aromatic N) is 1. The van der Waals surface area contributed by atoms with Crippen molar-refractivity contribution in [1.82, 2.24) is 4.98 Å². The first kappa shape index (κ1) is 12.5. The number of aliphatic hydroxyl groups excluding tert-OH is 1. The van der Waals surface area contributed by atoms with E-state index in [0.717, 1.165) is 17.1 Å². The van der Waals surface area contributed by atoms with E-state index in [1.807, 2.05) is 6.92 Å². The Morgan fingerprint density at radius 3 is 3.05 bits per heavy atom. The molecule has 4 unspecified atom stereocenters. The first-order valence-corrected chi connectivity index (χ1v) is 8.29. The number of hydrogen-bond donors (Lipinski definition) is 1. The van der Waals surface area contributed by atoms with Crippen molar-refractivity contribution in [2.45, 2.75) is 38.2 Å². The summed E-state index contributed by atoms with van der Waals surface area (Å²) in [5.74, 6) is 1.74. The normalized spacial score (nSPS) is 28.6. The van der Waals surface area contributed by atoms with Gasteiger partial charge in [-0.2, -0.15) is 0 Å². The highest BCUT2D eigenvalue weighted by Gasteiger charge is 2.56. The van der Waals surface area contributed by atoms with Gasteiger partial charge in [0, 0.05) is 17.5 Å². The Morgan fingerprint density at radius 2 is 2.25 bits per heavy atom. The Morgan fingerprint density at radius 1 is 1.40 bits per heavy atom. The molecule has 4 atom stereocenters. The molecule has 1 aromatic heterocycles. The van der Waals surface area contributed by atoms with E-state index in [0.29, 0.717) is 17.8 Å². The number of fused-ring (bicyclic) bond motifs is 3. The third-order valence-electron chi connectivity index (χ3n) is 4.89. The van der Waals surface area contributed by atoms with Crippen LogP contribution < -0.4 is 0 Å². The Balaban J connectivity index is 1.52. The first-order chi connectivity index (χ1) is 9.74. The lowest BCUT2D eigenvalue weighted by atomic mass is 9.92. The third kappa shape index (κ3) is 2.00. The zero-order valence-electron chi connectivity index (χ0n) is 11.6. The Bertz CT molecular complexity index is 635. The summed E-state index contributed by atoms with van der Waals surface area (Å²) in [5.41, 5.74) is 4.05. The average molecular weight is 285 g/mol. The summed E-state index contributed by atoms with van der Waals surface area (Å²) in [6.45, 7) is 2.01. The van der Waals surface area contributed by atoms with Crippen molar-refractivity contribution in [2.75, 3.05) is 0 Å². The standard InChI is InChI=1S/C17H19NOS/c1-10-9-20-15(18-10)8-14(19)17-13-7-6-11-4-2-3-5-12(11)16(13)17/h2-5,9,13-14,16-17,19H,6-8H2,1H3. The monoisotopic (exact) mass is 285 g/mol. The molecule has 2 nitrogen and oxygen atoms in total. The minimum absolute atomic E-state index is 0.235. The molecule has 104 valence electrons. The highest BCUT2D eigenvalue weighted by Crippen LogP contribution is 2.61. The van der Waals surface area contributed by atoms with E-state index in [1.165, 1.54) is 24.0 Å². The van der Waals surface area contributed by atoms with Crippen molar-refractivity contribution in [2.24, 2.45) is 11.8 Å². The molecule has 20 heavy (non-hydrogen) atoms. The van der Waals surface area contributed by atoms with Crippen molar-refractivity contribution in [3.8, 4) is 0 Å². The van der Waals surface area contributed by atoms with Crippen LogP contribution in [0.15, 0.2) is 29.6 Å². The molecule has 1 saturated carbocycles. The Labute approximate surface area is 123 Å². The fraction of sp³-hybridized carbons (Fsp3) is 0.471. The molecule has 0 amide bonds. The van der Waals surface area contributed by atoms with Crippen molar-refractivity contribution in [3.05, 3.63) is 51.5 Å². The molecule has 1 N–H and O–H groups in total. The molecule has 0 saturated heterocycles. The molecule has 0 aliphatic heterocycles. The van der Waals surface area contributed by atoms with Gasteiger partial charge >= 0.3 is 0 Å². The highest BCUT2D eigenvalue weighted by atomic mass is 32.1. The van der Waals surface area contributed by atoms with E-state index in [9.17, 15) is 5.11 Å². The second-order valence-corrected chi connectivity index (χ2v) is 7.10.